The first-order valence-electron chi connectivity index (χ1n) is 14.4. The van der Waals surface area contributed by atoms with Gasteiger partial charge in [-0.1, -0.05) is 98.0 Å². The van der Waals surface area contributed by atoms with Gasteiger partial charge in [-0.05, 0) is 43.0 Å². The molecule has 42 heavy (non-hydrogen) atoms. The highest BCUT2D eigenvalue weighted by atomic mass is 32.1. The van der Waals surface area contributed by atoms with Crippen LogP contribution in [-0.4, -0.2) is 21.7 Å². The van der Waals surface area contributed by atoms with Crippen LogP contribution in [0.3, 0.4) is 0 Å². The smallest absolute Gasteiger partial charge is 0.338 e. The molecule has 1 unspecified atom stereocenters. The number of hydrogen-bond donors (Lipinski definition) is 0. The number of hydrogen-bond acceptors (Lipinski definition) is 5. The first-order valence-corrected chi connectivity index (χ1v) is 15.2. The molecule has 5 aromatic rings. The first kappa shape index (κ1) is 27.7. The number of fused-ring (bicyclic) bond motifs is 2. The molecule has 7 heteroatoms. The molecule has 2 aromatic heterocycles. The zero-order chi connectivity index (χ0) is 29.4. The van der Waals surface area contributed by atoms with E-state index in [-0.39, 0.29) is 12.2 Å². The summed E-state index contributed by atoms with van der Waals surface area (Å²) in [6, 6.07) is 25.3. The molecule has 6 nitrogen and oxygen atoms in total. The molecule has 212 valence electrons. The van der Waals surface area contributed by atoms with Crippen LogP contribution in [0.5, 0.6) is 0 Å². The zero-order valence-corrected chi connectivity index (χ0v) is 25.0. The van der Waals surface area contributed by atoms with Crippen LogP contribution >= 0.6 is 11.3 Å². The summed E-state index contributed by atoms with van der Waals surface area (Å²) in [6.07, 6.45) is 4.04. The number of benzene rings is 3. The van der Waals surface area contributed by atoms with E-state index < -0.39 is 12.0 Å². The molecular formula is C35H33N3O3S. The lowest BCUT2D eigenvalue weighted by Crippen LogP contribution is -2.40. The quantitative estimate of drug-likeness (QED) is 0.223. The lowest BCUT2D eigenvalue weighted by molar-refractivity contribution is -0.138. The van der Waals surface area contributed by atoms with E-state index >= 15 is 0 Å². The van der Waals surface area contributed by atoms with E-state index in [9.17, 15) is 9.59 Å². The Morgan fingerprint density at radius 1 is 1.00 bits per heavy atom. The van der Waals surface area contributed by atoms with Gasteiger partial charge in [0.05, 0.1) is 28.5 Å². The summed E-state index contributed by atoms with van der Waals surface area (Å²) < 4.78 is 10.0. The molecular weight excluding hydrogens is 542 g/mol. The second-order valence-electron chi connectivity index (χ2n) is 10.6. The normalized spacial score (nSPS) is 15.3. The van der Waals surface area contributed by atoms with Gasteiger partial charge in [0.15, 0.2) is 4.80 Å². The average Bonchev–Trinajstić information content (AvgIpc) is 3.53. The number of ether oxygens (including phenoxy) is 1. The fraction of sp³-hybridized carbons (Fsp3) is 0.229. The Kier molecular flexibility index (Phi) is 7.52. The number of carbonyl (C=O) groups is 1. The molecule has 0 saturated carbocycles. The second-order valence-corrected chi connectivity index (χ2v) is 11.6. The van der Waals surface area contributed by atoms with Crippen LogP contribution in [0.15, 0.2) is 100 Å². The van der Waals surface area contributed by atoms with E-state index in [1.165, 1.54) is 16.9 Å². The largest absolute Gasteiger partial charge is 0.463 e. The van der Waals surface area contributed by atoms with E-state index in [0.717, 1.165) is 34.1 Å². The Morgan fingerprint density at radius 3 is 2.40 bits per heavy atom. The molecule has 1 aliphatic rings. The number of rotatable bonds is 7. The molecule has 1 aliphatic heterocycles. The Balaban J connectivity index is 1.64. The van der Waals surface area contributed by atoms with Gasteiger partial charge in [0.1, 0.15) is 0 Å². The Morgan fingerprint density at radius 2 is 1.71 bits per heavy atom. The number of para-hydroxylation sites is 1. The minimum Gasteiger partial charge on any atom is -0.463 e. The first-order chi connectivity index (χ1) is 20.4. The van der Waals surface area contributed by atoms with Gasteiger partial charge in [0.2, 0.25) is 0 Å². The standard InChI is InChI=1S/C35H33N3O3S/c1-5-37-21-26(27-14-10-11-15-28(27)37)20-29-33(39)38-32(25-18-16-23(17-19-25)22(3)4)30(34(40)41-6-2)31(36-35(38)42-29)24-12-8-7-9-13-24/h7-22,32H,5-6H2,1-4H3. The molecule has 0 N–H and O–H groups in total. The van der Waals surface area contributed by atoms with E-state index in [0.29, 0.717) is 26.5 Å². The van der Waals surface area contributed by atoms with Crippen molar-refractivity contribution in [2.75, 3.05) is 6.61 Å². The Labute approximate surface area is 248 Å². The SMILES string of the molecule is CCOC(=O)C1=C(c2ccccc2)N=c2sc(=Cc3cn(CC)c4ccccc34)c(=O)n2C1c1ccc(C(C)C)cc1. The van der Waals surface area contributed by atoms with Gasteiger partial charge < -0.3 is 9.30 Å². The maximum Gasteiger partial charge on any atom is 0.338 e. The molecule has 1 atom stereocenters. The third-order valence-corrected chi connectivity index (χ3v) is 8.72. The van der Waals surface area contributed by atoms with Gasteiger partial charge in [-0.2, -0.15) is 0 Å². The van der Waals surface area contributed by atoms with E-state index in [1.54, 1.807) is 11.5 Å². The lowest BCUT2D eigenvalue weighted by Gasteiger charge is -2.26. The lowest BCUT2D eigenvalue weighted by atomic mass is 9.91. The van der Waals surface area contributed by atoms with Crippen LogP contribution in [-0.2, 0) is 16.1 Å². The number of nitrogens with zero attached hydrogens (tertiary/aromatic N) is 3. The van der Waals surface area contributed by atoms with Crippen LogP contribution < -0.4 is 14.9 Å². The molecule has 0 radical (unpaired) electrons. The third-order valence-electron chi connectivity index (χ3n) is 7.74. The summed E-state index contributed by atoms with van der Waals surface area (Å²) in [5.41, 5.74) is 5.63. The molecule has 0 amide bonds. The molecule has 6 rings (SSSR count). The predicted octanol–water partition coefficient (Wildman–Crippen LogP) is 6.03. The van der Waals surface area contributed by atoms with Crippen LogP contribution in [0.1, 0.15) is 61.9 Å². The third kappa shape index (κ3) is 4.84. The van der Waals surface area contributed by atoms with Crippen LogP contribution in [0, 0.1) is 0 Å². The highest BCUT2D eigenvalue weighted by Gasteiger charge is 2.35. The molecule has 0 aliphatic carbocycles. The van der Waals surface area contributed by atoms with Gasteiger partial charge in [-0.25, -0.2) is 9.79 Å². The van der Waals surface area contributed by atoms with Crippen molar-refractivity contribution in [1.82, 2.24) is 9.13 Å². The average molecular weight is 576 g/mol. The highest BCUT2D eigenvalue weighted by Crippen LogP contribution is 2.35. The highest BCUT2D eigenvalue weighted by molar-refractivity contribution is 7.07. The maximum absolute atomic E-state index is 14.3. The van der Waals surface area contributed by atoms with Crippen molar-refractivity contribution in [3.05, 3.63) is 133 Å². The minimum absolute atomic E-state index is 0.182. The molecule has 0 saturated heterocycles. The number of aromatic nitrogens is 2. The molecule has 0 fully saturated rings. The fourth-order valence-corrected chi connectivity index (χ4v) is 6.60. The van der Waals surface area contributed by atoms with Gasteiger partial charge >= 0.3 is 5.97 Å². The predicted molar refractivity (Wildman–Crippen MR) is 169 cm³/mol. The molecule has 3 aromatic carbocycles. The van der Waals surface area contributed by atoms with Crippen molar-refractivity contribution >= 4 is 40.0 Å². The van der Waals surface area contributed by atoms with E-state index in [1.807, 2.05) is 60.7 Å². The van der Waals surface area contributed by atoms with Gasteiger partial charge in [0.25, 0.3) is 5.56 Å². The summed E-state index contributed by atoms with van der Waals surface area (Å²) in [5.74, 6) is -0.121. The Hall–Kier alpha value is -4.49. The molecule has 0 spiro atoms. The zero-order valence-electron chi connectivity index (χ0n) is 24.2. The van der Waals surface area contributed by atoms with Gasteiger partial charge in [-0.15, -0.1) is 0 Å². The molecule has 3 heterocycles. The van der Waals surface area contributed by atoms with Crippen LogP contribution in [0.25, 0.3) is 22.7 Å². The number of esters is 1. The van der Waals surface area contributed by atoms with Crippen molar-refractivity contribution in [3.8, 4) is 0 Å². The Bertz CT molecular complexity index is 1990. The summed E-state index contributed by atoms with van der Waals surface area (Å²) in [6.45, 7) is 9.22. The second kappa shape index (κ2) is 11.4. The van der Waals surface area contributed by atoms with Crippen molar-refractivity contribution in [2.24, 2.45) is 4.99 Å². The monoisotopic (exact) mass is 575 g/mol. The van der Waals surface area contributed by atoms with Gasteiger partial charge in [-0.3, -0.25) is 9.36 Å². The summed E-state index contributed by atoms with van der Waals surface area (Å²) in [4.78, 5) is 33.5. The minimum atomic E-state index is -0.684. The molecule has 0 bridgehead atoms. The van der Waals surface area contributed by atoms with Crippen LogP contribution in [0.4, 0.5) is 0 Å². The maximum atomic E-state index is 14.3. The van der Waals surface area contributed by atoms with E-state index in [2.05, 4.69) is 55.8 Å². The van der Waals surface area contributed by atoms with Gasteiger partial charge in [0, 0.05) is 34.8 Å². The van der Waals surface area contributed by atoms with Crippen LogP contribution in [0.2, 0.25) is 0 Å². The summed E-state index contributed by atoms with van der Waals surface area (Å²) in [5, 5.41) is 1.09. The van der Waals surface area contributed by atoms with Crippen molar-refractivity contribution in [2.45, 2.75) is 46.2 Å². The summed E-state index contributed by atoms with van der Waals surface area (Å²) in [7, 11) is 0. The van der Waals surface area contributed by atoms with Crippen molar-refractivity contribution < 1.29 is 9.53 Å². The number of thiazole rings is 1. The van der Waals surface area contributed by atoms with Crippen molar-refractivity contribution in [3.63, 3.8) is 0 Å². The number of aryl methyl sites for hydroxylation is 1. The van der Waals surface area contributed by atoms with Crippen molar-refractivity contribution in [1.29, 1.82) is 0 Å². The topological polar surface area (TPSA) is 65.6 Å². The number of carbonyl (C=O) groups excluding carboxylic acids is 1. The fourth-order valence-electron chi connectivity index (χ4n) is 5.61. The van der Waals surface area contributed by atoms with E-state index in [4.69, 9.17) is 9.73 Å². The summed E-state index contributed by atoms with van der Waals surface area (Å²) >= 11 is 1.35.